The van der Waals surface area contributed by atoms with Gasteiger partial charge in [-0.1, -0.05) is 72.3 Å². The van der Waals surface area contributed by atoms with Gasteiger partial charge in [-0.15, -0.1) is 0 Å². The van der Waals surface area contributed by atoms with Gasteiger partial charge in [0, 0.05) is 0 Å². The summed E-state index contributed by atoms with van der Waals surface area (Å²) in [6, 6.07) is 21.9. The van der Waals surface area contributed by atoms with E-state index < -0.39 is 11.9 Å². The molecular formula is C20H18O2. The van der Waals surface area contributed by atoms with Crippen LogP contribution in [0.15, 0.2) is 66.7 Å². The van der Waals surface area contributed by atoms with E-state index >= 15 is 0 Å². The monoisotopic (exact) mass is 290 g/mol. The van der Waals surface area contributed by atoms with E-state index in [1.165, 1.54) is 5.56 Å². The van der Waals surface area contributed by atoms with Crippen molar-refractivity contribution in [1.29, 1.82) is 0 Å². The summed E-state index contributed by atoms with van der Waals surface area (Å²) in [4.78, 5) is 11.8. The summed E-state index contributed by atoms with van der Waals surface area (Å²) in [5.41, 5.74) is 3.11. The predicted octanol–water partition coefficient (Wildman–Crippen LogP) is 4.56. The van der Waals surface area contributed by atoms with E-state index in [9.17, 15) is 9.90 Å². The second-order valence-electron chi connectivity index (χ2n) is 5.65. The normalized spacial score (nSPS) is 12.2. The van der Waals surface area contributed by atoms with Crippen molar-refractivity contribution in [3.8, 4) is 0 Å². The van der Waals surface area contributed by atoms with Gasteiger partial charge in [0.1, 0.15) is 0 Å². The maximum absolute atomic E-state index is 11.8. The van der Waals surface area contributed by atoms with E-state index in [1.807, 2.05) is 73.7 Å². The molecular weight excluding hydrogens is 272 g/mol. The van der Waals surface area contributed by atoms with Crippen molar-refractivity contribution in [2.75, 3.05) is 0 Å². The van der Waals surface area contributed by atoms with E-state index in [4.69, 9.17) is 0 Å². The van der Waals surface area contributed by atoms with Crippen molar-refractivity contribution in [2.45, 2.75) is 19.3 Å². The van der Waals surface area contributed by atoms with Gasteiger partial charge in [0.05, 0.1) is 5.92 Å². The second kappa shape index (κ2) is 6.02. The number of benzene rings is 3. The average molecular weight is 290 g/mol. The Kier molecular flexibility index (Phi) is 3.92. The van der Waals surface area contributed by atoms with Crippen molar-refractivity contribution in [1.82, 2.24) is 0 Å². The predicted molar refractivity (Wildman–Crippen MR) is 89.2 cm³/mol. The van der Waals surface area contributed by atoms with Crippen LogP contribution in [0.5, 0.6) is 0 Å². The number of carboxylic acid groups (broad SMARTS) is 1. The van der Waals surface area contributed by atoms with Crippen molar-refractivity contribution in [3.63, 3.8) is 0 Å². The molecule has 1 N–H and O–H groups in total. The summed E-state index contributed by atoms with van der Waals surface area (Å²) in [6.45, 7) is 2.03. The van der Waals surface area contributed by atoms with Gasteiger partial charge in [0.2, 0.25) is 0 Å². The number of rotatable bonds is 4. The molecule has 110 valence electrons. The highest BCUT2D eigenvalue weighted by Crippen LogP contribution is 2.28. The highest BCUT2D eigenvalue weighted by atomic mass is 16.4. The van der Waals surface area contributed by atoms with Gasteiger partial charge in [-0.05, 0) is 35.2 Å². The Morgan fingerprint density at radius 2 is 1.64 bits per heavy atom. The fourth-order valence-electron chi connectivity index (χ4n) is 2.84. The molecule has 3 rings (SSSR count). The average Bonchev–Trinajstić information content (AvgIpc) is 2.54. The number of aliphatic carboxylic acids is 1. The molecule has 0 fully saturated rings. The first-order valence-corrected chi connectivity index (χ1v) is 7.41. The molecule has 1 atom stereocenters. The Hall–Kier alpha value is -2.61. The van der Waals surface area contributed by atoms with Crippen LogP contribution < -0.4 is 0 Å². The summed E-state index contributed by atoms with van der Waals surface area (Å²) in [6.07, 6.45) is 0.504. The number of fused-ring (bicyclic) bond motifs is 1. The topological polar surface area (TPSA) is 37.3 Å². The van der Waals surface area contributed by atoms with Gasteiger partial charge >= 0.3 is 5.97 Å². The van der Waals surface area contributed by atoms with Crippen LogP contribution in [0.2, 0.25) is 0 Å². The van der Waals surface area contributed by atoms with E-state index in [0.29, 0.717) is 6.42 Å². The zero-order valence-corrected chi connectivity index (χ0v) is 12.5. The Balaban J connectivity index is 2.03. The summed E-state index contributed by atoms with van der Waals surface area (Å²) in [5, 5.41) is 11.8. The second-order valence-corrected chi connectivity index (χ2v) is 5.65. The third-order valence-corrected chi connectivity index (χ3v) is 4.06. The van der Waals surface area contributed by atoms with Gasteiger partial charge in [0.15, 0.2) is 0 Å². The third kappa shape index (κ3) is 2.86. The molecule has 0 saturated heterocycles. The largest absolute Gasteiger partial charge is 0.481 e. The zero-order valence-electron chi connectivity index (χ0n) is 12.5. The summed E-state index contributed by atoms with van der Waals surface area (Å²) >= 11 is 0. The first kappa shape index (κ1) is 14.3. The van der Waals surface area contributed by atoms with Crippen molar-refractivity contribution in [2.24, 2.45) is 0 Å². The highest BCUT2D eigenvalue weighted by Gasteiger charge is 2.22. The lowest BCUT2D eigenvalue weighted by Crippen LogP contribution is -2.15. The minimum atomic E-state index is -0.781. The van der Waals surface area contributed by atoms with Gasteiger partial charge in [-0.2, -0.15) is 0 Å². The van der Waals surface area contributed by atoms with Crippen LogP contribution >= 0.6 is 0 Å². The molecule has 0 heterocycles. The first-order valence-electron chi connectivity index (χ1n) is 7.41. The molecule has 0 aliphatic carbocycles. The van der Waals surface area contributed by atoms with Gasteiger partial charge in [-0.3, -0.25) is 4.79 Å². The van der Waals surface area contributed by atoms with E-state index in [-0.39, 0.29) is 0 Å². The summed E-state index contributed by atoms with van der Waals surface area (Å²) in [7, 11) is 0. The van der Waals surface area contributed by atoms with Crippen molar-refractivity contribution in [3.05, 3.63) is 83.4 Å². The lowest BCUT2D eigenvalue weighted by molar-refractivity contribution is -0.138. The molecule has 3 aromatic rings. The Labute approximate surface area is 130 Å². The molecule has 3 aromatic carbocycles. The summed E-state index contributed by atoms with van der Waals surface area (Å²) < 4.78 is 0. The van der Waals surface area contributed by atoms with Gasteiger partial charge < -0.3 is 5.11 Å². The molecule has 2 nitrogen and oxygen atoms in total. The van der Waals surface area contributed by atoms with Crippen molar-refractivity contribution >= 4 is 16.7 Å². The van der Waals surface area contributed by atoms with Crippen LogP contribution in [-0.2, 0) is 11.2 Å². The number of carboxylic acids is 1. The fourth-order valence-corrected chi connectivity index (χ4v) is 2.84. The molecule has 0 radical (unpaired) electrons. The van der Waals surface area contributed by atoms with E-state index in [0.717, 1.165) is 21.9 Å². The number of carbonyl (C=O) groups is 1. The zero-order chi connectivity index (χ0) is 15.5. The minimum Gasteiger partial charge on any atom is -0.481 e. The fraction of sp³-hybridized carbons (Fsp3) is 0.150. The van der Waals surface area contributed by atoms with Crippen LogP contribution in [0.4, 0.5) is 0 Å². The lowest BCUT2D eigenvalue weighted by atomic mass is 9.88. The maximum Gasteiger partial charge on any atom is 0.311 e. The molecule has 1 unspecified atom stereocenters. The Morgan fingerprint density at radius 1 is 0.955 bits per heavy atom. The standard InChI is InChI=1S/C20H18O2/c1-14-9-11-15(12-10-14)13-19(20(21)22)18-8-4-6-16-5-2-3-7-17(16)18/h2-12,19H,13H2,1H3,(H,21,22). The van der Waals surface area contributed by atoms with Crippen LogP contribution in [0, 0.1) is 6.92 Å². The third-order valence-electron chi connectivity index (χ3n) is 4.06. The number of hydrogen-bond donors (Lipinski definition) is 1. The van der Waals surface area contributed by atoms with Crippen molar-refractivity contribution < 1.29 is 9.90 Å². The van der Waals surface area contributed by atoms with E-state index in [2.05, 4.69) is 0 Å². The maximum atomic E-state index is 11.8. The molecule has 22 heavy (non-hydrogen) atoms. The number of hydrogen-bond acceptors (Lipinski definition) is 1. The van der Waals surface area contributed by atoms with Gasteiger partial charge in [0.25, 0.3) is 0 Å². The smallest absolute Gasteiger partial charge is 0.311 e. The molecule has 0 bridgehead atoms. The Bertz CT molecular complexity index is 798. The van der Waals surface area contributed by atoms with Crippen LogP contribution in [0.3, 0.4) is 0 Å². The number of aryl methyl sites for hydroxylation is 1. The van der Waals surface area contributed by atoms with Gasteiger partial charge in [-0.25, -0.2) is 0 Å². The molecule has 0 saturated carbocycles. The molecule has 0 spiro atoms. The highest BCUT2D eigenvalue weighted by molar-refractivity contribution is 5.90. The molecule has 0 aliphatic rings. The summed E-state index contributed by atoms with van der Waals surface area (Å²) in [5.74, 6) is -1.31. The SMILES string of the molecule is Cc1ccc(CC(C(=O)O)c2cccc3ccccc23)cc1. The Morgan fingerprint density at radius 3 is 2.36 bits per heavy atom. The van der Waals surface area contributed by atoms with E-state index in [1.54, 1.807) is 0 Å². The van der Waals surface area contributed by atoms with Crippen LogP contribution in [0.25, 0.3) is 10.8 Å². The molecule has 2 heteroatoms. The molecule has 0 amide bonds. The molecule has 0 aromatic heterocycles. The lowest BCUT2D eigenvalue weighted by Gasteiger charge is -2.15. The first-order chi connectivity index (χ1) is 10.6. The van der Waals surface area contributed by atoms with Crippen LogP contribution in [0.1, 0.15) is 22.6 Å². The van der Waals surface area contributed by atoms with Crippen LogP contribution in [-0.4, -0.2) is 11.1 Å². The quantitative estimate of drug-likeness (QED) is 0.765. The molecule has 0 aliphatic heterocycles. The minimum absolute atomic E-state index is 0.504.